The molecule has 0 radical (unpaired) electrons. The molecule has 2 atom stereocenters. The van der Waals surface area contributed by atoms with E-state index in [9.17, 15) is 9.90 Å². The maximum Gasteiger partial charge on any atom is 0.318 e. The summed E-state index contributed by atoms with van der Waals surface area (Å²) in [5, 5.41) is 12.9. The first-order chi connectivity index (χ1) is 11.6. The SMILES string of the molecule is CCCOc1ccc(CNC(=O)N2[C@@H]3CC[C@@H]2CC(O)C3)c(C)c1. The van der Waals surface area contributed by atoms with E-state index in [0.29, 0.717) is 19.4 Å². The number of urea groups is 1. The van der Waals surface area contributed by atoms with Crippen molar-refractivity contribution in [3.05, 3.63) is 29.3 Å². The number of aliphatic hydroxyl groups excluding tert-OH is 1. The predicted molar refractivity (Wildman–Crippen MR) is 93.1 cm³/mol. The second-order valence-electron chi connectivity index (χ2n) is 7.01. The molecular formula is C19H28N2O3. The van der Waals surface area contributed by atoms with Crippen LogP contribution in [0, 0.1) is 6.92 Å². The van der Waals surface area contributed by atoms with Crippen LogP contribution < -0.4 is 10.1 Å². The number of rotatable bonds is 5. The first-order valence-electron chi connectivity index (χ1n) is 9.05. The summed E-state index contributed by atoms with van der Waals surface area (Å²) in [4.78, 5) is 14.5. The largest absolute Gasteiger partial charge is 0.494 e. The van der Waals surface area contributed by atoms with E-state index in [1.807, 2.05) is 30.0 Å². The fraction of sp³-hybridized carbons (Fsp3) is 0.632. The van der Waals surface area contributed by atoms with Crippen molar-refractivity contribution in [1.29, 1.82) is 0 Å². The Morgan fingerprint density at radius 1 is 1.33 bits per heavy atom. The van der Waals surface area contributed by atoms with Gasteiger partial charge < -0.3 is 20.1 Å². The zero-order valence-electron chi connectivity index (χ0n) is 14.6. The van der Waals surface area contributed by atoms with Crippen LogP contribution >= 0.6 is 0 Å². The topological polar surface area (TPSA) is 61.8 Å². The second-order valence-corrected chi connectivity index (χ2v) is 7.01. The van der Waals surface area contributed by atoms with Gasteiger partial charge in [-0.2, -0.15) is 0 Å². The summed E-state index contributed by atoms with van der Waals surface area (Å²) in [5.41, 5.74) is 2.23. The number of aliphatic hydroxyl groups is 1. The van der Waals surface area contributed by atoms with Crippen LogP contribution in [-0.4, -0.2) is 40.8 Å². The Labute approximate surface area is 144 Å². The highest BCUT2D eigenvalue weighted by Gasteiger charge is 2.42. The zero-order valence-corrected chi connectivity index (χ0v) is 14.6. The molecule has 5 nitrogen and oxygen atoms in total. The summed E-state index contributed by atoms with van der Waals surface area (Å²) in [7, 11) is 0. The van der Waals surface area contributed by atoms with E-state index in [-0.39, 0.29) is 24.2 Å². The Kier molecular flexibility index (Phi) is 5.29. The van der Waals surface area contributed by atoms with E-state index in [4.69, 9.17) is 4.74 Å². The molecule has 2 fully saturated rings. The predicted octanol–water partition coefficient (Wildman–Crippen LogP) is 2.98. The van der Waals surface area contributed by atoms with Crippen molar-refractivity contribution in [3.63, 3.8) is 0 Å². The second kappa shape index (κ2) is 7.43. The van der Waals surface area contributed by atoms with Gasteiger partial charge in [-0.15, -0.1) is 0 Å². The molecule has 2 heterocycles. The fourth-order valence-corrected chi connectivity index (χ4v) is 3.92. The monoisotopic (exact) mass is 332 g/mol. The quantitative estimate of drug-likeness (QED) is 0.871. The molecule has 2 saturated heterocycles. The Bertz CT molecular complexity index is 576. The van der Waals surface area contributed by atoms with Crippen molar-refractivity contribution >= 4 is 6.03 Å². The number of hydrogen-bond acceptors (Lipinski definition) is 3. The molecule has 2 amide bonds. The molecule has 1 aromatic rings. The van der Waals surface area contributed by atoms with Gasteiger partial charge in [-0.25, -0.2) is 4.79 Å². The van der Waals surface area contributed by atoms with Gasteiger partial charge in [0.1, 0.15) is 5.75 Å². The molecule has 0 unspecified atom stereocenters. The molecule has 0 spiro atoms. The number of amides is 2. The number of benzene rings is 1. The molecule has 0 aromatic heterocycles. The lowest BCUT2D eigenvalue weighted by Gasteiger charge is -2.37. The molecule has 24 heavy (non-hydrogen) atoms. The zero-order chi connectivity index (χ0) is 17.1. The molecular weight excluding hydrogens is 304 g/mol. The van der Waals surface area contributed by atoms with Gasteiger partial charge in [0.05, 0.1) is 12.7 Å². The molecule has 2 aliphatic rings. The summed E-state index contributed by atoms with van der Waals surface area (Å²) in [6.45, 7) is 5.38. The van der Waals surface area contributed by atoms with Crippen molar-refractivity contribution < 1.29 is 14.6 Å². The summed E-state index contributed by atoms with van der Waals surface area (Å²) < 4.78 is 5.64. The van der Waals surface area contributed by atoms with Gasteiger partial charge in [-0.05, 0) is 62.3 Å². The Balaban J connectivity index is 1.57. The molecule has 2 aliphatic heterocycles. The van der Waals surface area contributed by atoms with Crippen LogP contribution in [0.3, 0.4) is 0 Å². The van der Waals surface area contributed by atoms with Crippen LogP contribution in [0.1, 0.15) is 50.2 Å². The fourth-order valence-electron chi connectivity index (χ4n) is 3.92. The number of carbonyl (C=O) groups is 1. The molecule has 2 bridgehead atoms. The summed E-state index contributed by atoms with van der Waals surface area (Å²) in [6, 6.07) is 6.41. The Morgan fingerprint density at radius 2 is 2.04 bits per heavy atom. The molecule has 1 aromatic carbocycles. The van der Waals surface area contributed by atoms with Gasteiger partial charge in [-0.3, -0.25) is 0 Å². The third-order valence-corrected chi connectivity index (χ3v) is 5.16. The molecule has 132 valence electrons. The van der Waals surface area contributed by atoms with Crippen LogP contribution in [0.25, 0.3) is 0 Å². The molecule has 3 rings (SSSR count). The minimum absolute atomic E-state index is 0.000101. The first kappa shape index (κ1) is 17.1. The first-order valence-corrected chi connectivity index (χ1v) is 9.05. The van der Waals surface area contributed by atoms with Crippen molar-refractivity contribution in [2.24, 2.45) is 0 Å². The summed E-state index contributed by atoms with van der Waals surface area (Å²) in [5.74, 6) is 0.882. The van der Waals surface area contributed by atoms with Crippen molar-refractivity contribution in [2.75, 3.05) is 6.61 Å². The van der Waals surface area contributed by atoms with Crippen molar-refractivity contribution in [2.45, 2.75) is 70.7 Å². The van der Waals surface area contributed by atoms with Crippen molar-refractivity contribution in [1.82, 2.24) is 10.2 Å². The van der Waals surface area contributed by atoms with Crippen LogP contribution in [0.15, 0.2) is 18.2 Å². The van der Waals surface area contributed by atoms with E-state index in [2.05, 4.69) is 12.2 Å². The number of ether oxygens (including phenoxy) is 1. The van der Waals surface area contributed by atoms with E-state index < -0.39 is 0 Å². The third kappa shape index (κ3) is 3.66. The highest BCUT2D eigenvalue weighted by atomic mass is 16.5. The van der Waals surface area contributed by atoms with Gasteiger partial charge >= 0.3 is 6.03 Å². The van der Waals surface area contributed by atoms with E-state index in [0.717, 1.165) is 42.7 Å². The number of carbonyl (C=O) groups excluding carboxylic acids is 1. The Hall–Kier alpha value is -1.75. The normalized spacial score (nSPS) is 25.6. The average molecular weight is 332 g/mol. The van der Waals surface area contributed by atoms with Gasteiger partial charge in [0.15, 0.2) is 0 Å². The van der Waals surface area contributed by atoms with E-state index in [1.165, 1.54) is 0 Å². The maximum absolute atomic E-state index is 12.6. The lowest BCUT2D eigenvalue weighted by Crippen LogP contribution is -2.51. The van der Waals surface area contributed by atoms with Gasteiger partial charge in [0.2, 0.25) is 0 Å². The number of nitrogens with one attached hydrogen (secondary N) is 1. The van der Waals surface area contributed by atoms with Crippen molar-refractivity contribution in [3.8, 4) is 5.75 Å². The van der Waals surface area contributed by atoms with Crippen LogP contribution in [0.5, 0.6) is 5.75 Å². The summed E-state index contributed by atoms with van der Waals surface area (Å²) in [6.07, 6.45) is 4.20. The molecule has 2 N–H and O–H groups in total. The lowest BCUT2D eigenvalue weighted by molar-refractivity contribution is 0.0541. The molecule has 5 heteroatoms. The molecule has 0 aliphatic carbocycles. The van der Waals surface area contributed by atoms with Gasteiger partial charge in [0.25, 0.3) is 0 Å². The van der Waals surface area contributed by atoms with Gasteiger partial charge in [0, 0.05) is 18.6 Å². The summed E-state index contributed by atoms with van der Waals surface area (Å²) >= 11 is 0. The third-order valence-electron chi connectivity index (χ3n) is 5.16. The lowest BCUT2D eigenvalue weighted by atomic mass is 10.0. The number of hydrogen-bond donors (Lipinski definition) is 2. The molecule has 0 saturated carbocycles. The van der Waals surface area contributed by atoms with Crippen LogP contribution in [0.2, 0.25) is 0 Å². The number of piperidine rings is 1. The highest BCUT2D eigenvalue weighted by Crippen LogP contribution is 2.35. The number of nitrogens with zero attached hydrogens (tertiary/aromatic N) is 1. The Morgan fingerprint density at radius 3 is 2.67 bits per heavy atom. The number of fused-ring (bicyclic) bond motifs is 2. The smallest absolute Gasteiger partial charge is 0.318 e. The van der Waals surface area contributed by atoms with E-state index >= 15 is 0 Å². The minimum Gasteiger partial charge on any atom is -0.494 e. The standard InChI is InChI=1S/C19H28N2O3/c1-3-8-24-18-7-4-14(13(2)9-18)12-20-19(23)21-15-5-6-16(21)11-17(22)10-15/h4,7,9,15-17,22H,3,5-6,8,10-12H2,1-2H3,(H,20,23)/t15-,16-/m1/s1. The number of aryl methyl sites for hydroxylation is 1. The minimum atomic E-state index is -0.246. The van der Waals surface area contributed by atoms with Crippen LogP contribution in [0.4, 0.5) is 4.79 Å². The highest BCUT2D eigenvalue weighted by molar-refractivity contribution is 5.75. The average Bonchev–Trinajstić information content (AvgIpc) is 2.83. The van der Waals surface area contributed by atoms with Crippen LogP contribution in [-0.2, 0) is 6.54 Å². The maximum atomic E-state index is 12.6. The van der Waals surface area contributed by atoms with E-state index in [1.54, 1.807) is 0 Å². The van der Waals surface area contributed by atoms with Gasteiger partial charge in [-0.1, -0.05) is 13.0 Å².